The molecule has 2 aromatic heterocycles. The molecule has 7 heteroatoms. The van der Waals surface area contributed by atoms with Gasteiger partial charge in [0.2, 0.25) is 0 Å². The lowest BCUT2D eigenvalue weighted by Crippen LogP contribution is -2.29. The Morgan fingerprint density at radius 1 is 1.13 bits per heavy atom. The molecule has 1 unspecified atom stereocenters. The Hall–Kier alpha value is -3.87. The van der Waals surface area contributed by atoms with E-state index in [1.165, 1.54) is 23.6 Å². The van der Waals surface area contributed by atoms with Crippen LogP contribution in [0.5, 0.6) is 5.75 Å². The van der Waals surface area contributed by atoms with E-state index in [4.69, 9.17) is 9.15 Å². The first-order valence-corrected chi connectivity index (χ1v) is 9.54. The van der Waals surface area contributed by atoms with Gasteiger partial charge in [-0.25, -0.2) is 0 Å². The van der Waals surface area contributed by atoms with Crippen LogP contribution in [0.1, 0.15) is 29.9 Å². The SMILES string of the molecule is CCOc1ccc(CN2C(=O)C(=O)/C(=C(\O)c3ccncc3)C2c2ccco2)cc1. The molecule has 30 heavy (non-hydrogen) atoms. The molecule has 0 aliphatic carbocycles. The highest BCUT2D eigenvalue weighted by Gasteiger charge is 2.47. The van der Waals surface area contributed by atoms with E-state index in [0.29, 0.717) is 17.9 Å². The Bertz CT molecular complexity index is 1070. The van der Waals surface area contributed by atoms with Crippen LogP contribution in [0.3, 0.4) is 0 Å². The van der Waals surface area contributed by atoms with E-state index < -0.39 is 17.7 Å². The van der Waals surface area contributed by atoms with Crippen LogP contribution in [-0.4, -0.2) is 33.3 Å². The van der Waals surface area contributed by atoms with Gasteiger partial charge in [-0.3, -0.25) is 14.6 Å². The lowest BCUT2D eigenvalue weighted by atomic mass is 9.99. The number of carbonyl (C=O) groups is 2. The first kappa shape index (κ1) is 19.4. The van der Waals surface area contributed by atoms with Crippen LogP contribution in [0.25, 0.3) is 5.76 Å². The summed E-state index contributed by atoms with van der Waals surface area (Å²) in [6.07, 6.45) is 4.48. The molecule has 3 heterocycles. The van der Waals surface area contributed by atoms with Crippen molar-refractivity contribution in [2.75, 3.05) is 6.61 Å². The van der Waals surface area contributed by atoms with Gasteiger partial charge in [0.1, 0.15) is 23.3 Å². The highest BCUT2D eigenvalue weighted by atomic mass is 16.5. The standard InChI is InChI=1S/C23H20N2O5/c1-2-29-17-7-5-15(6-8-17)14-25-20(18-4-3-13-30-18)19(22(27)23(25)28)21(26)16-9-11-24-12-10-16/h3-13,20,26H,2,14H2,1H3/b21-19-. The second kappa shape index (κ2) is 8.24. The number of aliphatic hydroxyl groups is 1. The summed E-state index contributed by atoms with van der Waals surface area (Å²) in [5.41, 5.74) is 1.22. The second-order valence-electron chi connectivity index (χ2n) is 6.76. The van der Waals surface area contributed by atoms with Gasteiger partial charge in [0.25, 0.3) is 11.7 Å². The fourth-order valence-electron chi connectivity index (χ4n) is 3.51. The topological polar surface area (TPSA) is 92.9 Å². The molecule has 1 aliphatic rings. The third kappa shape index (κ3) is 3.57. The molecule has 7 nitrogen and oxygen atoms in total. The van der Waals surface area contributed by atoms with Gasteiger partial charge in [-0.15, -0.1) is 0 Å². The first-order valence-electron chi connectivity index (χ1n) is 9.54. The zero-order valence-electron chi connectivity index (χ0n) is 16.3. The number of pyridine rings is 1. The van der Waals surface area contributed by atoms with Crippen LogP contribution in [0.4, 0.5) is 0 Å². The molecule has 1 aromatic carbocycles. The molecule has 3 aromatic rings. The maximum Gasteiger partial charge on any atom is 0.296 e. The Morgan fingerprint density at radius 2 is 1.87 bits per heavy atom. The van der Waals surface area contributed by atoms with E-state index in [1.54, 1.807) is 24.3 Å². The van der Waals surface area contributed by atoms with Crippen molar-refractivity contribution in [3.8, 4) is 5.75 Å². The van der Waals surface area contributed by atoms with Crippen molar-refractivity contribution in [2.24, 2.45) is 0 Å². The normalized spacial score (nSPS) is 18.0. The summed E-state index contributed by atoms with van der Waals surface area (Å²) in [5, 5.41) is 10.9. The van der Waals surface area contributed by atoms with Crippen LogP contribution < -0.4 is 4.74 Å². The van der Waals surface area contributed by atoms with E-state index in [9.17, 15) is 14.7 Å². The minimum absolute atomic E-state index is 0.00733. The largest absolute Gasteiger partial charge is 0.507 e. The number of rotatable bonds is 6. The van der Waals surface area contributed by atoms with E-state index in [-0.39, 0.29) is 17.9 Å². The molecule has 0 radical (unpaired) electrons. The van der Waals surface area contributed by atoms with Crippen LogP contribution in [-0.2, 0) is 16.1 Å². The van der Waals surface area contributed by atoms with Gasteiger partial charge in [-0.1, -0.05) is 12.1 Å². The quantitative estimate of drug-likeness (QED) is 0.383. The van der Waals surface area contributed by atoms with Crippen molar-refractivity contribution in [1.29, 1.82) is 0 Å². The zero-order valence-corrected chi connectivity index (χ0v) is 16.3. The number of benzene rings is 1. The summed E-state index contributed by atoms with van der Waals surface area (Å²) >= 11 is 0. The monoisotopic (exact) mass is 404 g/mol. The van der Waals surface area contributed by atoms with E-state index in [2.05, 4.69) is 4.98 Å². The molecule has 0 spiro atoms. The predicted molar refractivity (Wildman–Crippen MR) is 108 cm³/mol. The fourth-order valence-corrected chi connectivity index (χ4v) is 3.51. The number of ketones is 1. The number of nitrogens with zero attached hydrogens (tertiary/aromatic N) is 2. The van der Waals surface area contributed by atoms with Crippen LogP contribution in [0.15, 0.2) is 77.2 Å². The van der Waals surface area contributed by atoms with Crippen molar-refractivity contribution in [2.45, 2.75) is 19.5 Å². The number of hydrogen-bond acceptors (Lipinski definition) is 6. The number of furan rings is 1. The predicted octanol–water partition coefficient (Wildman–Crippen LogP) is 3.70. The van der Waals surface area contributed by atoms with Gasteiger partial charge >= 0.3 is 0 Å². The number of Topliss-reactive ketones (excluding diaryl/α,β-unsaturated/α-hetero) is 1. The highest BCUT2D eigenvalue weighted by molar-refractivity contribution is 6.46. The highest BCUT2D eigenvalue weighted by Crippen LogP contribution is 2.40. The molecule has 152 valence electrons. The smallest absolute Gasteiger partial charge is 0.296 e. The number of carbonyl (C=O) groups excluding carboxylic acids is 2. The minimum atomic E-state index is -0.834. The molecule has 0 saturated carbocycles. The summed E-state index contributed by atoms with van der Waals surface area (Å²) < 4.78 is 11.0. The van der Waals surface area contributed by atoms with Crippen molar-refractivity contribution < 1.29 is 23.8 Å². The zero-order chi connectivity index (χ0) is 21.1. The third-order valence-electron chi connectivity index (χ3n) is 4.89. The number of amides is 1. The molecule has 1 amide bonds. The van der Waals surface area contributed by atoms with E-state index in [0.717, 1.165) is 11.3 Å². The Labute approximate surface area is 173 Å². The van der Waals surface area contributed by atoms with Gasteiger partial charge in [0, 0.05) is 24.5 Å². The fraction of sp³-hybridized carbons (Fsp3) is 0.174. The van der Waals surface area contributed by atoms with Crippen LogP contribution >= 0.6 is 0 Å². The molecule has 1 saturated heterocycles. The van der Waals surface area contributed by atoms with Crippen molar-refractivity contribution in [3.63, 3.8) is 0 Å². The molecule has 1 fully saturated rings. The minimum Gasteiger partial charge on any atom is -0.507 e. The summed E-state index contributed by atoms with van der Waals surface area (Å²) in [7, 11) is 0. The summed E-state index contributed by atoms with van der Waals surface area (Å²) in [6, 6.07) is 13.0. The lowest BCUT2D eigenvalue weighted by molar-refractivity contribution is -0.140. The maximum atomic E-state index is 12.9. The first-order chi connectivity index (χ1) is 14.6. The Morgan fingerprint density at radius 3 is 2.50 bits per heavy atom. The molecule has 1 N–H and O–H groups in total. The summed E-state index contributed by atoms with van der Waals surface area (Å²) in [6.45, 7) is 2.64. The average Bonchev–Trinajstić information content (AvgIpc) is 3.38. The van der Waals surface area contributed by atoms with Gasteiger partial charge in [0.15, 0.2) is 0 Å². The molecule has 4 rings (SSSR count). The average molecular weight is 404 g/mol. The molecular formula is C23H20N2O5. The van der Waals surface area contributed by atoms with E-state index in [1.807, 2.05) is 31.2 Å². The number of aromatic nitrogens is 1. The summed E-state index contributed by atoms with van der Waals surface area (Å²) in [4.78, 5) is 31.1. The number of hydrogen-bond donors (Lipinski definition) is 1. The second-order valence-corrected chi connectivity index (χ2v) is 6.76. The number of likely N-dealkylation sites (tertiary alicyclic amines) is 1. The molecule has 1 atom stereocenters. The Balaban J connectivity index is 1.74. The van der Waals surface area contributed by atoms with E-state index >= 15 is 0 Å². The van der Waals surface area contributed by atoms with Crippen molar-refractivity contribution >= 4 is 17.4 Å². The summed E-state index contributed by atoms with van der Waals surface area (Å²) in [5.74, 6) is -0.580. The van der Waals surface area contributed by atoms with Crippen molar-refractivity contribution in [1.82, 2.24) is 9.88 Å². The molecule has 1 aliphatic heterocycles. The Kier molecular flexibility index (Phi) is 5.34. The van der Waals surface area contributed by atoms with Crippen LogP contribution in [0, 0.1) is 0 Å². The molecular weight excluding hydrogens is 384 g/mol. The number of ether oxygens (including phenoxy) is 1. The third-order valence-corrected chi connectivity index (χ3v) is 4.89. The van der Waals surface area contributed by atoms with Crippen LogP contribution in [0.2, 0.25) is 0 Å². The van der Waals surface area contributed by atoms with Gasteiger partial charge in [-0.2, -0.15) is 0 Å². The van der Waals surface area contributed by atoms with Gasteiger partial charge < -0.3 is 19.2 Å². The van der Waals surface area contributed by atoms with Gasteiger partial charge in [0.05, 0.1) is 18.4 Å². The number of aliphatic hydroxyl groups excluding tert-OH is 1. The van der Waals surface area contributed by atoms with Crippen molar-refractivity contribution in [3.05, 3.63) is 89.6 Å². The molecule has 0 bridgehead atoms. The van der Waals surface area contributed by atoms with Gasteiger partial charge in [-0.05, 0) is 48.9 Å². The lowest BCUT2D eigenvalue weighted by Gasteiger charge is -2.23. The maximum absolute atomic E-state index is 12.9.